The van der Waals surface area contributed by atoms with Crippen LogP contribution in [0.4, 0.5) is 0 Å². The second-order valence-electron chi connectivity index (χ2n) is 3.37. The average Bonchev–Trinajstić information content (AvgIpc) is 2.34. The predicted octanol–water partition coefficient (Wildman–Crippen LogP) is 0.470. The van der Waals surface area contributed by atoms with Gasteiger partial charge in [-0.15, -0.1) is 0 Å². The number of nitrogens with zero attached hydrogens (tertiary/aromatic N) is 1. The Bertz CT molecular complexity index is 406. The Labute approximate surface area is 98.6 Å². The van der Waals surface area contributed by atoms with E-state index in [9.17, 15) is 9.59 Å². The molecule has 0 aliphatic heterocycles. The Morgan fingerprint density at radius 3 is 2.88 bits per heavy atom. The Morgan fingerprint density at radius 2 is 2.24 bits per heavy atom. The zero-order valence-corrected chi connectivity index (χ0v) is 9.47. The number of hydrogen-bond donors (Lipinski definition) is 2. The van der Waals surface area contributed by atoms with Gasteiger partial charge in [-0.25, -0.2) is 0 Å². The van der Waals surface area contributed by atoms with Gasteiger partial charge in [0.2, 0.25) is 0 Å². The van der Waals surface area contributed by atoms with Crippen LogP contribution in [-0.4, -0.2) is 35.6 Å². The highest BCUT2D eigenvalue weighted by molar-refractivity contribution is 5.94. The molecule has 2 N–H and O–H groups in total. The number of ether oxygens (including phenoxy) is 1. The van der Waals surface area contributed by atoms with E-state index in [0.29, 0.717) is 13.0 Å². The van der Waals surface area contributed by atoms with E-state index in [-0.39, 0.29) is 29.6 Å². The molecule has 17 heavy (non-hydrogen) atoms. The molecule has 0 bridgehead atoms. The van der Waals surface area contributed by atoms with Gasteiger partial charge in [0, 0.05) is 19.2 Å². The summed E-state index contributed by atoms with van der Waals surface area (Å²) in [4.78, 5) is 26.0. The van der Waals surface area contributed by atoms with Crippen molar-refractivity contribution >= 4 is 11.9 Å². The summed E-state index contributed by atoms with van der Waals surface area (Å²) in [6, 6.07) is 1.32. The van der Waals surface area contributed by atoms with Gasteiger partial charge in [0.05, 0.1) is 18.9 Å². The Kier molecular flexibility index (Phi) is 4.93. The Hall–Kier alpha value is -2.11. The molecule has 0 saturated carbocycles. The topological polar surface area (TPSA) is 88.5 Å². The molecular weight excluding hydrogens is 224 g/mol. The summed E-state index contributed by atoms with van der Waals surface area (Å²) < 4.78 is 4.46. The molecule has 6 nitrogen and oxygen atoms in total. The van der Waals surface area contributed by atoms with Crippen molar-refractivity contribution in [2.24, 2.45) is 0 Å². The number of hydrogen-bond acceptors (Lipinski definition) is 5. The zero-order chi connectivity index (χ0) is 12.7. The molecule has 1 amide bonds. The van der Waals surface area contributed by atoms with Crippen LogP contribution in [0.2, 0.25) is 0 Å². The van der Waals surface area contributed by atoms with Crippen LogP contribution >= 0.6 is 0 Å². The maximum absolute atomic E-state index is 11.5. The van der Waals surface area contributed by atoms with Gasteiger partial charge >= 0.3 is 5.97 Å². The van der Waals surface area contributed by atoms with Crippen LogP contribution in [-0.2, 0) is 9.53 Å². The highest BCUT2D eigenvalue weighted by Crippen LogP contribution is 2.07. The standard InChI is InChI=1S/C11H14N2O4/c1-17-10(15)3-2-4-13-11(16)8-5-9(14)7-12-6-8/h5-7,14H,2-4H2,1H3,(H,13,16). The van der Waals surface area contributed by atoms with Crippen LogP contribution in [0.1, 0.15) is 23.2 Å². The van der Waals surface area contributed by atoms with E-state index in [1.54, 1.807) is 0 Å². The molecule has 0 atom stereocenters. The number of carbonyl (C=O) groups is 2. The van der Waals surface area contributed by atoms with Crippen LogP contribution in [0, 0.1) is 0 Å². The maximum atomic E-state index is 11.5. The van der Waals surface area contributed by atoms with Crippen LogP contribution in [0.3, 0.4) is 0 Å². The number of amides is 1. The van der Waals surface area contributed by atoms with E-state index in [1.165, 1.54) is 25.6 Å². The second-order valence-corrected chi connectivity index (χ2v) is 3.37. The summed E-state index contributed by atoms with van der Waals surface area (Å²) in [7, 11) is 1.32. The molecule has 0 radical (unpaired) electrons. The highest BCUT2D eigenvalue weighted by Gasteiger charge is 2.06. The van der Waals surface area contributed by atoms with Crippen molar-refractivity contribution in [2.75, 3.05) is 13.7 Å². The fraction of sp³-hybridized carbons (Fsp3) is 0.364. The lowest BCUT2D eigenvalue weighted by Crippen LogP contribution is -2.25. The van der Waals surface area contributed by atoms with Gasteiger partial charge < -0.3 is 15.2 Å². The van der Waals surface area contributed by atoms with E-state index < -0.39 is 0 Å². The van der Waals surface area contributed by atoms with E-state index in [2.05, 4.69) is 15.0 Å². The van der Waals surface area contributed by atoms with Crippen LogP contribution in [0.5, 0.6) is 5.75 Å². The molecule has 0 aliphatic carbocycles. The number of nitrogens with one attached hydrogen (secondary N) is 1. The van der Waals surface area contributed by atoms with Gasteiger partial charge in [-0.05, 0) is 12.5 Å². The summed E-state index contributed by atoms with van der Waals surface area (Å²) in [6.45, 7) is 0.365. The molecule has 0 fully saturated rings. The first-order valence-electron chi connectivity index (χ1n) is 5.12. The maximum Gasteiger partial charge on any atom is 0.305 e. The summed E-state index contributed by atoms with van der Waals surface area (Å²) in [6.07, 6.45) is 3.36. The lowest BCUT2D eigenvalue weighted by Gasteiger charge is -2.04. The van der Waals surface area contributed by atoms with Crippen molar-refractivity contribution in [3.8, 4) is 5.75 Å². The largest absolute Gasteiger partial charge is 0.506 e. The number of aromatic nitrogens is 1. The molecule has 0 aromatic carbocycles. The fourth-order valence-corrected chi connectivity index (χ4v) is 1.19. The molecule has 1 aromatic rings. The van der Waals surface area contributed by atoms with Crippen molar-refractivity contribution in [3.63, 3.8) is 0 Å². The molecular formula is C11H14N2O4. The molecule has 0 spiro atoms. The van der Waals surface area contributed by atoms with Crippen molar-refractivity contribution in [3.05, 3.63) is 24.0 Å². The number of pyridine rings is 1. The van der Waals surface area contributed by atoms with Crippen molar-refractivity contribution in [2.45, 2.75) is 12.8 Å². The summed E-state index contributed by atoms with van der Waals surface area (Å²) in [5.41, 5.74) is 0.281. The lowest BCUT2D eigenvalue weighted by atomic mass is 10.2. The minimum absolute atomic E-state index is 0.0628. The second kappa shape index (κ2) is 6.47. The number of rotatable bonds is 5. The predicted molar refractivity (Wildman–Crippen MR) is 59.5 cm³/mol. The number of esters is 1. The normalized spacial score (nSPS) is 9.71. The van der Waals surface area contributed by atoms with Gasteiger partial charge in [0.1, 0.15) is 5.75 Å². The van der Waals surface area contributed by atoms with Gasteiger partial charge in [-0.2, -0.15) is 0 Å². The Morgan fingerprint density at radius 1 is 1.47 bits per heavy atom. The first-order valence-corrected chi connectivity index (χ1v) is 5.12. The van der Waals surface area contributed by atoms with Gasteiger partial charge in [0.15, 0.2) is 0 Å². The van der Waals surface area contributed by atoms with Gasteiger partial charge in [-0.1, -0.05) is 0 Å². The molecule has 0 unspecified atom stereocenters. The molecule has 6 heteroatoms. The van der Waals surface area contributed by atoms with Crippen molar-refractivity contribution in [1.82, 2.24) is 10.3 Å². The van der Waals surface area contributed by atoms with E-state index in [4.69, 9.17) is 5.11 Å². The molecule has 1 rings (SSSR count). The summed E-state index contributed by atoms with van der Waals surface area (Å²) in [5.74, 6) is -0.705. The first-order chi connectivity index (χ1) is 8.13. The lowest BCUT2D eigenvalue weighted by molar-refractivity contribution is -0.140. The third-order valence-electron chi connectivity index (χ3n) is 2.06. The number of aromatic hydroxyl groups is 1. The number of carbonyl (C=O) groups excluding carboxylic acids is 2. The van der Waals surface area contributed by atoms with Crippen LogP contribution in [0.25, 0.3) is 0 Å². The minimum atomic E-state index is -0.335. The molecule has 0 saturated heterocycles. The van der Waals surface area contributed by atoms with E-state index >= 15 is 0 Å². The summed E-state index contributed by atoms with van der Waals surface area (Å²) >= 11 is 0. The smallest absolute Gasteiger partial charge is 0.305 e. The SMILES string of the molecule is COC(=O)CCCNC(=O)c1cncc(O)c1. The van der Waals surface area contributed by atoms with Gasteiger partial charge in [0.25, 0.3) is 5.91 Å². The fourth-order valence-electron chi connectivity index (χ4n) is 1.19. The third-order valence-corrected chi connectivity index (χ3v) is 2.06. The first kappa shape index (κ1) is 13.0. The van der Waals surface area contributed by atoms with Crippen LogP contribution in [0.15, 0.2) is 18.5 Å². The quantitative estimate of drug-likeness (QED) is 0.575. The van der Waals surface area contributed by atoms with E-state index in [1.807, 2.05) is 0 Å². The zero-order valence-electron chi connectivity index (χ0n) is 9.47. The Balaban J connectivity index is 2.33. The molecule has 1 aromatic heterocycles. The number of methoxy groups -OCH3 is 1. The minimum Gasteiger partial charge on any atom is -0.506 e. The molecule has 0 aliphatic rings. The van der Waals surface area contributed by atoms with Crippen molar-refractivity contribution in [1.29, 1.82) is 0 Å². The van der Waals surface area contributed by atoms with E-state index in [0.717, 1.165) is 0 Å². The van der Waals surface area contributed by atoms with Crippen molar-refractivity contribution < 1.29 is 19.4 Å². The monoisotopic (exact) mass is 238 g/mol. The van der Waals surface area contributed by atoms with Gasteiger partial charge in [-0.3, -0.25) is 14.6 Å². The third kappa shape index (κ3) is 4.50. The summed E-state index contributed by atoms with van der Waals surface area (Å²) in [5, 5.41) is 11.7. The average molecular weight is 238 g/mol. The molecule has 92 valence electrons. The van der Waals surface area contributed by atoms with Crippen LogP contribution < -0.4 is 5.32 Å². The molecule has 1 heterocycles. The highest BCUT2D eigenvalue weighted by atomic mass is 16.5.